The van der Waals surface area contributed by atoms with E-state index in [0.29, 0.717) is 12.0 Å². The summed E-state index contributed by atoms with van der Waals surface area (Å²) < 4.78 is 5.37. The van der Waals surface area contributed by atoms with Crippen molar-refractivity contribution in [2.24, 2.45) is 5.73 Å². The molecule has 0 radical (unpaired) electrons. The molecule has 16 heavy (non-hydrogen) atoms. The van der Waals surface area contributed by atoms with E-state index in [1.54, 1.807) is 0 Å². The Bertz CT molecular complexity index is 251. The Morgan fingerprint density at radius 3 is 2.75 bits per heavy atom. The number of likely N-dealkylation sites (tertiary alicyclic amines) is 1. The lowest BCUT2D eigenvalue weighted by Gasteiger charge is -2.52. The van der Waals surface area contributed by atoms with Crippen LogP contribution in [0.2, 0.25) is 0 Å². The molecule has 0 aromatic heterocycles. The lowest BCUT2D eigenvalue weighted by atomic mass is 9.84. The van der Waals surface area contributed by atoms with Crippen LogP contribution in [0.25, 0.3) is 0 Å². The standard InChI is InChI=1S/C12H22N2O2/c13-11(15)5-1-3-7-14-8-4-2-6-12(14)9-16-10-12/h1-10H2,(H2,13,15). The first-order valence-corrected chi connectivity index (χ1v) is 6.34. The van der Waals surface area contributed by atoms with Gasteiger partial charge in [-0.25, -0.2) is 0 Å². The average Bonchev–Trinajstić information content (AvgIpc) is 2.22. The minimum absolute atomic E-state index is 0.180. The topological polar surface area (TPSA) is 55.6 Å². The van der Waals surface area contributed by atoms with E-state index < -0.39 is 0 Å². The molecule has 2 aliphatic rings. The van der Waals surface area contributed by atoms with Gasteiger partial charge in [-0.1, -0.05) is 6.42 Å². The zero-order chi connectivity index (χ0) is 11.4. The van der Waals surface area contributed by atoms with Gasteiger partial charge in [0.1, 0.15) is 0 Å². The van der Waals surface area contributed by atoms with Gasteiger partial charge in [0.2, 0.25) is 5.91 Å². The van der Waals surface area contributed by atoms with Crippen molar-refractivity contribution in [3.63, 3.8) is 0 Å². The van der Waals surface area contributed by atoms with Gasteiger partial charge in [0, 0.05) is 6.42 Å². The highest BCUT2D eigenvalue weighted by Gasteiger charge is 2.44. The van der Waals surface area contributed by atoms with Crippen LogP contribution in [0.5, 0.6) is 0 Å². The van der Waals surface area contributed by atoms with Crippen molar-refractivity contribution in [3.05, 3.63) is 0 Å². The number of unbranched alkanes of at least 4 members (excludes halogenated alkanes) is 1. The van der Waals surface area contributed by atoms with Crippen LogP contribution in [-0.2, 0) is 9.53 Å². The molecule has 0 bridgehead atoms. The number of primary amides is 1. The van der Waals surface area contributed by atoms with E-state index in [1.807, 2.05) is 0 Å². The van der Waals surface area contributed by atoms with Gasteiger partial charge < -0.3 is 10.5 Å². The molecule has 2 aliphatic heterocycles. The van der Waals surface area contributed by atoms with E-state index in [2.05, 4.69) is 4.90 Å². The number of piperidine rings is 1. The van der Waals surface area contributed by atoms with Crippen molar-refractivity contribution in [1.82, 2.24) is 4.90 Å². The van der Waals surface area contributed by atoms with Gasteiger partial charge in [-0.3, -0.25) is 9.69 Å². The van der Waals surface area contributed by atoms with Gasteiger partial charge in [0.25, 0.3) is 0 Å². The summed E-state index contributed by atoms with van der Waals surface area (Å²) in [5, 5.41) is 0. The summed E-state index contributed by atoms with van der Waals surface area (Å²) in [6.45, 7) is 4.10. The third kappa shape index (κ3) is 2.55. The van der Waals surface area contributed by atoms with Crippen molar-refractivity contribution in [1.29, 1.82) is 0 Å². The van der Waals surface area contributed by atoms with Gasteiger partial charge in [-0.2, -0.15) is 0 Å². The molecule has 2 saturated heterocycles. The number of carbonyl (C=O) groups excluding carboxylic acids is 1. The molecule has 2 rings (SSSR count). The maximum atomic E-state index is 10.6. The number of hydrogen-bond donors (Lipinski definition) is 1. The molecule has 1 amide bonds. The molecular weight excluding hydrogens is 204 g/mol. The fraction of sp³-hybridized carbons (Fsp3) is 0.917. The lowest BCUT2D eigenvalue weighted by molar-refractivity contribution is -0.156. The van der Waals surface area contributed by atoms with Crippen LogP contribution in [0.15, 0.2) is 0 Å². The van der Waals surface area contributed by atoms with Crippen molar-refractivity contribution in [3.8, 4) is 0 Å². The zero-order valence-electron chi connectivity index (χ0n) is 9.91. The quantitative estimate of drug-likeness (QED) is 0.709. The van der Waals surface area contributed by atoms with Gasteiger partial charge in [-0.05, 0) is 38.8 Å². The first-order valence-electron chi connectivity index (χ1n) is 6.34. The maximum Gasteiger partial charge on any atom is 0.217 e. The van der Waals surface area contributed by atoms with E-state index in [9.17, 15) is 4.79 Å². The van der Waals surface area contributed by atoms with Crippen LogP contribution >= 0.6 is 0 Å². The first-order chi connectivity index (χ1) is 7.73. The minimum Gasteiger partial charge on any atom is -0.377 e. The molecule has 0 saturated carbocycles. The number of hydrogen-bond acceptors (Lipinski definition) is 3. The summed E-state index contributed by atoms with van der Waals surface area (Å²) in [6.07, 6.45) is 6.44. The summed E-state index contributed by atoms with van der Waals surface area (Å²) in [5.74, 6) is -0.180. The van der Waals surface area contributed by atoms with Crippen LogP contribution in [0.3, 0.4) is 0 Å². The number of ether oxygens (including phenoxy) is 1. The average molecular weight is 226 g/mol. The second kappa shape index (κ2) is 5.15. The number of rotatable bonds is 5. The highest BCUT2D eigenvalue weighted by atomic mass is 16.5. The molecule has 1 spiro atoms. The molecule has 92 valence electrons. The largest absolute Gasteiger partial charge is 0.377 e. The van der Waals surface area contributed by atoms with Crippen molar-refractivity contribution >= 4 is 5.91 Å². The van der Waals surface area contributed by atoms with Crippen molar-refractivity contribution in [2.45, 2.75) is 44.1 Å². The van der Waals surface area contributed by atoms with Crippen LogP contribution in [0, 0.1) is 0 Å². The van der Waals surface area contributed by atoms with E-state index in [4.69, 9.17) is 10.5 Å². The molecule has 2 heterocycles. The van der Waals surface area contributed by atoms with Gasteiger partial charge in [0.15, 0.2) is 0 Å². The molecule has 0 aromatic rings. The Balaban J connectivity index is 1.72. The Morgan fingerprint density at radius 1 is 1.31 bits per heavy atom. The smallest absolute Gasteiger partial charge is 0.217 e. The van der Waals surface area contributed by atoms with E-state index >= 15 is 0 Å². The molecule has 0 atom stereocenters. The van der Waals surface area contributed by atoms with Crippen LogP contribution < -0.4 is 5.73 Å². The van der Waals surface area contributed by atoms with Crippen LogP contribution in [-0.4, -0.2) is 42.6 Å². The summed E-state index contributed by atoms with van der Waals surface area (Å²) in [5.41, 5.74) is 5.48. The van der Waals surface area contributed by atoms with Crippen molar-refractivity contribution < 1.29 is 9.53 Å². The number of carbonyl (C=O) groups is 1. The summed E-state index contributed by atoms with van der Waals surface area (Å²) in [4.78, 5) is 13.2. The Hall–Kier alpha value is -0.610. The SMILES string of the molecule is NC(=O)CCCCN1CCCCC12COC2. The highest BCUT2D eigenvalue weighted by molar-refractivity contribution is 5.73. The third-order valence-corrected chi connectivity index (χ3v) is 3.83. The number of nitrogens with zero attached hydrogens (tertiary/aromatic N) is 1. The molecule has 2 N–H and O–H groups in total. The van der Waals surface area contributed by atoms with E-state index in [1.165, 1.54) is 25.8 Å². The third-order valence-electron chi connectivity index (χ3n) is 3.83. The Morgan fingerprint density at radius 2 is 2.12 bits per heavy atom. The summed E-state index contributed by atoms with van der Waals surface area (Å²) in [7, 11) is 0. The predicted molar refractivity (Wildman–Crippen MR) is 62.0 cm³/mol. The van der Waals surface area contributed by atoms with Gasteiger partial charge in [-0.15, -0.1) is 0 Å². The lowest BCUT2D eigenvalue weighted by Crippen LogP contribution is -2.64. The van der Waals surface area contributed by atoms with E-state index in [0.717, 1.165) is 32.6 Å². The minimum atomic E-state index is -0.180. The molecule has 4 heteroatoms. The van der Waals surface area contributed by atoms with E-state index in [-0.39, 0.29) is 5.91 Å². The second-order valence-corrected chi connectivity index (χ2v) is 5.08. The van der Waals surface area contributed by atoms with Crippen LogP contribution in [0.4, 0.5) is 0 Å². The number of nitrogens with two attached hydrogens (primary N) is 1. The van der Waals surface area contributed by atoms with Crippen molar-refractivity contribution in [2.75, 3.05) is 26.3 Å². The fourth-order valence-electron chi connectivity index (χ4n) is 2.77. The molecule has 0 aromatic carbocycles. The van der Waals surface area contributed by atoms with Crippen LogP contribution in [0.1, 0.15) is 38.5 Å². The molecule has 0 aliphatic carbocycles. The van der Waals surface area contributed by atoms with Gasteiger partial charge >= 0.3 is 0 Å². The number of amides is 1. The molecule has 4 nitrogen and oxygen atoms in total. The fourth-order valence-corrected chi connectivity index (χ4v) is 2.77. The highest BCUT2D eigenvalue weighted by Crippen LogP contribution is 2.34. The summed E-state index contributed by atoms with van der Waals surface area (Å²) in [6, 6.07) is 0. The Kier molecular flexibility index (Phi) is 3.82. The zero-order valence-corrected chi connectivity index (χ0v) is 9.91. The first kappa shape index (κ1) is 11.9. The molecular formula is C12H22N2O2. The monoisotopic (exact) mass is 226 g/mol. The molecule has 0 unspecified atom stereocenters. The maximum absolute atomic E-state index is 10.6. The second-order valence-electron chi connectivity index (χ2n) is 5.08. The predicted octanol–water partition coefficient (Wildman–Crippen LogP) is 0.897. The molecule has 2 fully saturated rings. The van der Waals surface area contributed by atoms with Gasteiger partial charge in [0.05, 0.1) is 18.8 Å². The Labute approximate surface area is 97.1 Å². The summed E-state index contributed by atoms with van der Waals surface area (Å²) >= 11 is 0. The normalized spacial score (nSPS) is 24.2.